The van der Waals surface area contributed by atoms with E-state index in [-0.39, 0.29) is 48.1 Å². The van der Waals surface area contributed by atoms with E-state index in [1.54, 1.807) is 36.7 Å². The number of benzene rings is 2. The Morgan fingerprint density at radius 3 is 2.36 bits per heavy atom. The maximum Gasteiger partial charge on any atom is 0.263 e. The van der Waals surface area contributed by atoms with Gasteiger partial charge in [0.1, 0.15) is 6.04 Å². The van der Waals surface area contributed by atoms with Crippen LogP contribution in [0.15, 0.2) is 78.0 Å². The summed E-state index contributed by atoms with van der Waals surface area (Å²) >= 11 is 1.33. The Balaban J connectivity index is 0.790. The number of imide groups is 2. The molecule has 7 amide bonds. The summed E-state index contributed by atoms with van der Waals surface area (Å²) in [6, 6.07) is 15.4. The number of unbranched alkanes of at least 4 members (excludes halogenated alkanes) is 1. The van der Waals surface area contributed by atoms with Crippen molar-refractivity contribution in [2.45, 2.75) is 62.3 Å². The molecule has 59 heavy (non-hydrogen) atoms. The van der Waals surface area contributed by atoms with Gasteiger partial charge < -0.3 is 20.0 Å². The van der Waals surface area contributed by atoms with E-state index >= 15 is 0 Å². The molecular weight excluding hydrogens is 771 g/mol. The molecule has 3 aromatic rings. The molecule has 15 heteroatoms. The lowest BCUT2D eigenvalue weighted by molar-refractivity contribution is -0.136. The standard InChI is InChI=1S/C44H49N7O7S/c52-37(15-9-31-6-4-20-45-29-31)46-21-2-1-5-30-17-22-50(23-18-30)42(56)32-10-12-33(13-11-32)48-24-26-49(27-25-48)39(54)19-28-59-36-8-3-7-34-40(36)44(58)51(43(34)57)35-14-16-38(53)47-41(35)55/h3-4,6-13,15,20,29-30,35H,1-2,5,14,16-19,21-28H2,(H,46,52)(H,47,53,55)/b15-9+. The monoisotopic (exact) mass is 819 g/mol. The fourth-order valence-electron chi connectivity index (χ4n) is 8.12. The third-order valence-corrected chi connectivity index (χ3v) is 12.5. The number of pyridine rings is 1. The number of piperidine rings is 2. The van der Waals surface area contributed by atoms with Crippen molar-refractivity contribution >= 4 is 64.9 Å². The number of hydrogen-bond acceptors (Lipinski definition) is 10. The van der Waals surface area contributed by atoms with Gasteiger partial charge in [-0.25, -0.2) is 0 Å². The van der Waals surface area contributed by atoms with Gasteiger partial charge in [0.25, 0.3) is 17.7 Å². The molecule has 5 heterocycles. The molecule has 1 unspecified atom stereocenters. The van der Waals surface area contributed by atoms with Gasteiger partial charge in [0.2, 0.25) is 23.6 Å². The highest BCUT2D eigenvalue weighted by atomic mass is 32.2. The number of anilines is 1. The van der Waals surface area contributed by atoms with E-state index in [9.17, 15) is 33.6 Å². The molecule has 1 atom stereocenters. The van der Waals surface area contributed by atoms with Crippen LogP contribution in [-0.4, -0.2) is 119 Å². The van der Waals surface area contributed by atoms with E-state index in [0.717, 1.165) is 61.3 Å². The number of piperazine rings is 1. The Morgan fingerprint density at radius 2 is 1.63 bits per heavy atom. The van der Waals surface area contributed by atoms with E-state index < -0.39 is 29.7 Å². The molecule has 2 N–H and O–H groups in total. The van der Waals surface area contributed by atoms with E-state index in [1.807, 2.05) is 46.2 Å². The minimum absolute atomic E-state index is 0.0107. The Bertz CT molecular complexity index is 2100. The number of aromatic nitrogens is 1. The van der Waals surface area contributed by atoms with Crippen molar-refractivity contribution in [3.05, 3.63) is 95.3 Å². The van der Waals surface area contributed by atoms with Crippen molar-refractivity contribution in [1.29, 1.82) is 0 Å². The number of amides is 7. The molecule has 0 aliphatic carbocycles. The predicted molar refractivity (Wildman–Crippen MR) is 222 cm³/mol. The molecule has 7 rings (SSSR count). The number of nitrogens with one attached hydrogen (secondary N) is 2. The molecule has 3 saturated heterocycles. The molecule has 0 spiro atoms. The largest absolute Gasteiger partial charge is 0.368 e. The number of fused-ring (bicyclic) bond motifs is 1. The zero-order valence-corrected chi connectivity index (χ0v) is 33.8. The normalized spacial score (nSPS) is 18.7. The second kappa shape index (κ2) is 19.3. The summed E-state index contributed by atoms with van der Waals surface area (Å²) in [4.78, 5) is 101. The van der Waals surface area contributed by atoms with Gasteiger partial charge in [0.05, 0.1) is 11.1 Å². The number of hydrogen-bond donors (Lipinski definition) is 2. The van der Waals surface area contributed by atoms with Crippen LogP contribution in [0.1, 0.15) is 88.0 Å². The highest BCUT2D eigenvalue weighted by Crippen LogP contribution is 2.35. The van der Waals surface area contributed by atoms with Gasteiger partial charge in [-0.1, -0.05) is 25.0 Å². The van der Waals surface area contributed by atoms with E-state index in [1.165, 1.54) is 17.8 Å². The van der Waals surface area contributed by atoms with Gasteiger partial charge in [-0.05, 0) is 85.7 Å². The first-order chi connectivity index (χ1) is 28.7. The zero-order chi connectivity index (χ0) is 41.3. The molecule has 0 saturated carbocycles. The van der Waals surface area contributed by atoms with Crippen molar-refractivity contribution in [2.75, 3.05) is 56.5 Å². The smallest absolute Gasteiger partial charge is 0.263 e. The molecular formula is C44H49N7O7S. The summed E-state index contributed by atoms with van der Waals surface area (Å²) in [7, 11) is 0. The van der Waals surface area contributed by atoms with Gasteiger partial charge in [-0.2, -0.15) is 0 Å². The van der Waals surface area contributed by atoms with Crippen molar-refractivity contribution in [3.8, 4) is 0 Å². The van der Waals surface area contributed by atoms with Crippen LogP contribution in [0.2, 0.25) is 0 Å². The van der Waals surface area contributed by atoms with Crippen LogP contribution >= 0.6 is 11.8 Å². The summed E-state index contributed by atoms with van der Waals surface area (Å²) in [5, 5.41) is 5.16. The first-order valence-electron chi connectivity index (χ1n) is 20.4. The van der Waals surface area contributed by atoms with Crippen molar-refractivity contribution in [2.24, 2.45) is 5.92 Å². The summed E-state index contributed by atoms with van der Waals surface area (Å²) < 4.78 is 0. The van der Waals surface area contributed by atoms with Gasteiger partial charge >= 0.3 is 0 Å². The number of thioether (sulfide) groups is 1. The van der Waals surface area contributed by atoms with Crippen LogP contribution < -0.4 is 15.5 Å². The highest BCUT2D eigenvalue weighted by Gasteiger charge is 2.45. The number of carbonyl (C=O) groups is 7. The Kier molecular flexibility index (Phi) is 13.5. The molecule has 4 aliphatic heterocycles. The fraction of sp³-hybridized carbons (Fsp3) is 0.409. The van der Waals surface area contributed by atoms with Crippen LogP contribution in [0.25, 0.3) is 6.08 Å². The van der Waals surface area contributed by atoms with Crippen LogP contribution in [0.3, 0.4) is 0 Å². The predicted octanol–water partition coefficient (Wildman–Crippen LogP) is 4.17. The topological polar surface area (TPSA) is 169 Å². The summed E-state index contributed by atoms with van der Waals surface area (Å²) in [6.07, 6.45) is 12.1. The average Bonchev–Trinajstić information content (AvgIpc) is 3.52. The lowest BCUT2D eigenvalue weighted by Crippen LogP contribution is -2.54. The molecule has 3 fully saturated rings. The second-order valence-corrected chi connectivity index (χ2v) is 16.4. The Labute approximate surface area is 347 Å². The van der Waals surface area contributed by atoms with Gasteiger partial charge in [-0.15, -0.1) is 11.8 Å². The van der Waals surface area contributed by atoms with Crippen LogP contribution in [0.5, 0.6) is 0 Å². The third kappa shape index (κ3) is 10.1. The summed E-state index contributed by atoms with van der Waals surface area (Å²) in [5.74, 6) is -1.24. The first-order valence-corrected chi connectivity index (χ1v) is 21.4. The summed E-state index contributed by atoms with van der Waals surface area (Å²) in [6.45, 7) is 4.57. The minimum atomic E-state index is -1.03. The van der Waals surface area contributed by atoms with Gasteiger partial charge in [0, 0.05) is 99.0 Å². The molecule has 14 nitrogen and oxygen atoms in total. The average molecular weight is 820 g/mol. The Morgan fingerprint density at radius 1 is 0.847 bits per heavy atom. The number of nitrogens with zero attached hydrogens (tertiary/aromatic N) is 5. The number of rotatable bonds is 14. The van der Waals surface area contributed by atoms with Gasteiger partial charge in [-0.3, -0.25) is 48.8 Å². The zero-order valence-electron chi connectivity index (χ0n) is 33.0. The second-order valence-electron chi connectivity index (χ2n) is 15.3. The lowest BCUT2D eigenvalue weighted by Gasteiger charge is -2.36. The molecule has 4 aliphatic rings. The van der Waals surface area contributed by atoms with E-state index in [4.69, 9.17) is 0 Å². The lowest BCUT2D eigenvalue weighted by atomic mass is 9.91. The van der Waals surface area contributed by atoms with E-state index in [0.29, 0.717) is 54.9 Å². The van der Waals surface area contributed by atoms with Crippen molar-refractivity contribution in [3.63, 3.8) is 0 Å². The van der Waals surface area contributed by atoms with Crippen LogP contribution in [0.4, 0.5) is 5.69 Å². The maximum absolute atomic E-state index is 13.4. The Hall–Kier alpha value is -5.83. The number of carbonyl (C=O) groups excluding carboxylic acids is 7. The maximum atomic E-state index is 13.4. The van der Waals surface area contributed by atoms with E-state index in [2.05, 4.69) is 20.5 Å². The molecule has 308 valence electrons. The fourth-order valence-corrected chi connectivity index (χ4v) is 9.13. The van der Waals surface area contributed by atoms with Crippen LogP contribution in [-0.2, 0) is 19.2 Å². The molecule has 0 radical (unpaired) electrons. The van der Waals surface area contributed by atoms with Gasteiger partial charge in [0.15, 0.2) is 0 Å². The molecule has 1 aromatic heterocycles. The molecule has 0 bridgehead atoms. The van der Waals surface area contributed by atoms with Crippen molar-refractivity contribution < 1.29 is 33.6 Å². The first kappa shape index (κ1) is 41.3. The quantitative estimate of drug-likeness (QED) is 0.104. The van der Waals surface area contributed by atoms with Crippen molar-refractivity contribution in [1.82, 2.24) is 30.3 Å². The summed E-state index contributed by atoms with van der Waals surface area (Å²) in [5.41, 5.74) is 3.02. The minimum Gasteiger partial charge on any atom is -0.368 e. The SMILES string of the molecule is O=C(/C=C/c1cccnc1)NCCCCC1CCN(C(=O)c2ccc(N3CCN(C(=O)CCSc4cccc5c4C(=O)N(C4CCC(=O)NC4=O)C5=O)CC3)cc2)CC1. The molecule has 2 aromatic carbocycles. The third-order valence-electron chi connectivity index (χ3n) is 11.5. The highest BCUT2D eigenvalue weighted by molar-refractivity contribution is 7.99. The van der Waals surface area contributed by atoms with Crippen LogP contribution in [0, 0.1) is 5.92 Å². The number of likely N-dealkylation sites (tertiary alicyclic amines) is 1.